The summed E-state index contributed by atoms with van der Waals surface area (Å²) >= 11 is 0. The summed E-state index contributed by atoms with van der Waals surface area (Å²) in [5, 5.41) is 10.5. The molecule has 138 valence electrons. The maximum absolute atomic E-state index is 12.9. The number of nitro groups is 1. The van der Waals surface area contributed by atoms with Crippen molar-refractivity contribution < 1.29 is 31.3 Å². The zero-order valence-corrected chi connectivity index (χ0v) is 13.5. The normalized spacial score (nSPS) is 11.8. The molecule has 0 heterocycles. The smallest absolute Gasteiger partial charge is 0.273 e. The van der Waals surface area contributed by atoms with Crippen LogP contribution < -0.4 is 10.3 Å². The van der Waals surface area contributed by atoms with Crippen molar-refractivity contribution in [2.75, 3.05) is 0 Å². The van der Waals surface area contributed by atoms with E-state index in [0.29, 0.717) is 6.07 Å². The van der Waals surface area contributed by atoms with E-state index in [1.54, 1.807) is 10.3 Å². The quantitative estimate of drug-likeness (QED) is 0.601. The molecule has 0 spiro atoms. The Morgan fingerprint density at radius 2 is 1.62 bits per heavy atom. The summed E-state index contributed by atoms with van der Waals surface area (Å²) in [7, 11) is -4.71. The number of nitrogens with one attached hydrogen (secondary N) is 2. The molecule has 2 aromatic rings. The predicted molar refractivity (Wildman–Crippen MR) is 82.3 cm³/mol. The van der Waals surface area contributed by atoms with Crippen LogP contribution in [0.4, 0.5) is 18.9 Å². The number of rotatable bonds is 5. The first-order valence-corrected chi connectivity index (χ1v) is 8.23. The third kappa shape index (κ3) is 4.34. The highest BCUT2D eigenvalue weighted by Gasteiger charge is 2.37. The van der Waals surface area contributed by atoms with Gasteiger partial charge in [0.2, 0.25) is 0 Å². The van der Waals surface area contributed by atoms with Crippen molar-refractivity contribution in [2.24, 2.45) is 0 Å². The first-order chi connectivity index (χ1) is 12.0. The van der Waals surface area contributed by atoms with Crippen LogP contribution in [0, 0.1) is 10.1 Å². The van der Waals surface area contributed by atoms with E-state index in [9.17, 15) is 36.5 Å². The van der Waals surface area contributed by atoms with Crippen LogP contribution in [0.5, 0.6) is 0 Å². The number of carbonyl (C=O) groups is 1. The number of non-ortho nitro benzene ring substituents is 1. The summed E-state index contributed by atoms with van der Waals surface area (Å²) in [5.74, 6) is -1.01. The maximum Gasteiger partial charge on any atom is 0.417 e. The molecule has 2 rings (SSSR count). The van der Waals surface area contributed by atoms with Gasteiger partial charge in [0.25, 0.3) is 21.6 Å². The lowest BCUT2D eigenvalue weighted by molar-refractivity contribution is -0.384. The van der Waals surface area contributed by atoms with E-state index in [1.165, 1.54) is 0 Å². The van der Waals surface area contributed by atoms with Gasteiger partial charge in [-0.25, -0.2) is 8.42 Å². The van der Waals surface area contributed by atoms with Gasteiger partial charge in [0, 0.05) is 17.7 Å². The molecule has 8 nitrogen and oxygen atoms in total. The van der Waals surface area contributed by atoms with Gasteiger partial charge >= 0.3 is 6.18 Å². The minimum atomic E-state index is -4.91. The fourth-order valence-corrected chi connectivity index (χ4v) is 2.98. The third-order valence-electron chi connectivity index (χ3n) is 3.12. The van der Waals surface area contributed by atoms with E-state index >= 15 is 0 Å². The lowest BCUT2D eigenvalue weighted by Crippen LogP contribution is -2.42. The number of amides is 1. The Balaban J connectivity index is 2.18. The van der Waals surface area contributed by atoms with Gasteiger partial charge in [-0.05, 0) is 24.3 Å². The number of halogens is 3. The molecule has 12 heteroatoms. The van der Waals surface area contributed by atoms with Crippen molar-refractivity contribution in [3.8, 4) is 0 Å². The van der Waals surface area contributed by atoms with E-state index in [2.05, 4.69) is 0 Å². The molecule has 0 aromatic heterocycles. The van der Waals surface area contributed by atoms with Gasteiger partial charge in [-0.1, -0.05) is 12.1 Å². The zero-order valence-electron chi connectivity index (χ0n) is 12.6. The number of carbonyl (C=O) groups excluding carboxylic acids is 1. The number of hydrazine groups is 1. The number of alkyl halides is 3. The van der Waals surface area contributed by atoms with Crippen LogP contribution in [-0.2, 0) is 16.2 Å². The monoisotopic (exact) mass is 389 g/mol. The Hall–Kier alpha value is -2.99. The average molecular weight is 389 g/mol. The standard InChI is InChI=1S/C14H10F3N3O5S/c15-14(16,17)11-3-1-2-4-12(11)26(24,25)19-18-13(21)9-5-7-10(8-6-9)20(22)23/h1-8,19H,(H,18,21). The third-order valence-corrected chi connectivity index (χ3v) is 4.43. The van der Waals surface area contributed by atoms with Crippen LogP contribution in [0.1, 0.15) is 15.9 Å². The van der Waals surface area contributed by atoms with Gasteiger partial charge < -0.3 is 0 Å². The number of hydrogen-bond donors (Lipinski definition) is 2. The second-order valence-corrected chi connectivity index (χ2v) is 6.51. The second-order valence-electron chi connectivity index (χ2n) is 4.86. The van der Waals surface area contributed by atoms with Crippen molar-refractivity contribution in [2.45, 2.75) is 11.1 Å². The van der Waals surface area contributed by atoms with Gasteiger partial charge in [0.05, 0.1) is 15.4 Å². The average Bonchev–Trinajstić information content (AvgIpc) is 2.59. The highest BCUT2D eigenvalue weighted by Crippen LogP contribution is 2.33. The maximum atomic E-state index is 12.9. The molecule has 0 unspecified atom stereocenters. The van der Waals surface area contributed by atoms with Gasteiger partial charge in [-0.3, -0.25) is 20.3 Å². The lowest BCUT2D eigenvalue weighted by atomic mass is 10.2. The van der Waals surface area contributed by atoms with E-state index in [1.807, 2.05) is 0 Å². The van der Waals surface area contributed by atoms with Crippen LogP contribution in [0.2, 0.25) is 0 Å². The Morgan fingerprint density at radius 3 is 2.15 bits per heavy atom. The van der Waals surface area contributed by atoms with E-state index in [-0.39, 0.29) is 11.3 Å². The largest absolute Gasteiger partial charge is 0.417 e. The van der Waals surface area contributed by atoms with Crippen LogP contribution >= 0.6 is 0 Å². The number of benzene rings is 2. The SMILES string of the molecule is O=C(NNS(=O)(=O)c1ccccc1C(F)(F)F)c1ccc([N+](=O)[O-])cc1. The fourth-order valence-electron chi connectivity index (χ4n) is 1.91. The van der Waals surface area contributed by atoms with Crippen molar-refractivity contribution >= 4 is 21.6 Å². The molecule has 0 aliphatic heterocycles. The van der Waals surface area contributed by atoms with Gasteiger partial charge in [0.15, 0.2) is 0 Å². The van der Waals surface area contributed by atoms with E-state index in [0.717, 1.165) is 42.5 Å². The van der Waals surface area contributed by atoms with Gasteiger partial charge in [-0.15, -0.1) is 4.83 Å². The summed E-state index contributed by atoms with van der Waals surface area (Å²) < 4.78 is 62.9. The van der Waals surface area contributed by atoms with E-state index in [4.69, 9.17) is 0 Å². The number of sulfonamides is 1. The molecule has 1 amide bonds. The van der Waals surface area contributed by atoms with Gasteiger partial charge in [0.1, 0.15) is 0 Å². The molecule has 0 atom stereocenters. The lowest BCUT2D eigenvalue weighted by Gasteiger charge is -2.14. The summed E-state index contributed by atoms with van der Waals surface area (Å²) in [4.78, 5) is 22.2. The number of hydrogen-bond acceptors (Lipinski definition) is 5. The van der Waals surface area contributed by atoms with Crippen molar-refractivity contribution in [3.63, 3.8) is 0 Å². The van der Waals surface area contributed by atoms with E-state index < -0.39 is 37.5 Å². The fraction of sp³-hybridized carbons (Fsp3) is 0.0714. The Morgan fingerprint density at radius 1 is 1.04 bits per heavy atom. The molecular formula is C14H10F3N3O5S. The number of nitrogens with zero attached hydrogens (tertiary/aromatic N) is 1. The highest BCUT2D eigenvalue weighted by molar-refractivity contribution is 7.89. The minimum absolute atomic E-state index is 0.137. The highest BCUT2D eigenvalue weighted by atomic mass is 32.2. The summed E-state index contributed by atoms with van der Waals surface area (Å²) in [6.45, 7) is 0. The molecule has 0 bridgehead atoms. The van der Waals surface area contributed by atoms with Crippen LogP contribution in [0.3, 0.4) is 0 Å². The molecule has 2 aromatic carbocycles. The first kappa shape index (κ1) is 19.3. The molecule has 0 fully saturated rings. The molecule has 0 radical (unpaired) electrons. The van der Waals surface area contributed by atoms with Crippen molar-refractivity contribution in [1.29, 1.82) is 0 Å². The number of nitro benzene ring substituents is 1. The van der Waals surface area contributed by atoms with Crippen LogP contribution in [0.25, 0.3) is 0 Å². The molecule has 0 saturated carbocycles. The van der Waals surface area contributed by atoms with Crippen molar-refractivity contribution in [3.05, 3.63) is 69.8 Å². The Labute approximate surface area is 144 Å². The molecule has 0 aliphatic carbocycles. The summed E-state index contributed by atoms with van der Waals surface area (Å²) in [6.07, 6.45) is -4.91. The van der Waals surface area contributed by atoms with Crippen LogP contribution in [-0.4, -0.2) is 19.2 Å². The van der Waals surface area contributed by atoms with Gasteiger partial charge in [-0.2, -0.15) is 13.2 Å². The molecule has 0 saturated heterocycles. The molecule has 0 aliphatic rings. The Bertz CT molecular complexity index is 943. The zero-order chi connectivity index (χ0) is 19.5. The minimum Gasteiger partial charge on any atom is -0.273 e. The molecule has 26 heavy (non-hydrogen) atoms. The van der Waals surface area contributed by atoms with Crippen molar-refractivity contribution in [1.82, 2.24) is 10.3 Å². The Kier molecular flexibility index (Phi) is 5.28. The summed E-state index contributed by atoms with van der Waals surface area (Å²) in [6, 6.07) is 7.61. The predicted octanol–water partition coefficient (Wildman–Crippen LogP) is 2.24. The first-order valence-electron chi connectivity index (χ1n) is 6.75. The summed E-state index contributed by atoms with van der Waals surface area (Å²) in [5.41, 5.74) is -0.0678. The molecular weight excluding hydrogens is 379 g/mol. The van der Waals surface area contributed by atoms with Crippen LogP contribution in [0.15, 0.2) is 53.4 Å². The second kappa shape index (κ2) is 7.09. The molecule has 2 N–H and O–H groups in total. The topological polar surface area (TPSA) is 118 Å².